The fourth-order valence-corrected chi connectivity index (χ4v) is 4.62. The molecule has 0 radical (unpaired) electrons. The molecule has 0 aliphatic carbocycles. The highest BCUT2D eigenvalue weighted by atomic mass is 32.2. The van der Waals surface area contributed by atoms with Gasteiger partial charge in [0.05, 0.1) is 10.6 Å². The van der Waals surface area contributed by atoms with Crippen molar-refractivity contribution >= 4 is 27.8 Å². The Bertz CT molecular complexity index is 1520. The Labute approximate surface area is 216 Å². The van der Waals surface area contributed by atoms with Crippen LogP contribution < -0.4 is 9.46 Å². The van der Waals surface area contributed by atoms with E-state index in [-0.39, 0.29) is 10.7 Å². The molecule has 1 aromatic heterocycles. The number of aromatic nitrogens is 1. The number of sulfonamides is 1. The summed E-state index contributed by atoms with van der Waals surface area (Å²) in [6.07, 6.45) is 5.66. The van der Waals surface area contributed by atoms with Crippen molar-refractivity contribution in [1.82, 2.24) is 9.29 Å². The molecule has 188 valence electrons. The van der Waals surface area contributed by atoms with Crippen LogP contribution in [-0.4, -0.2) is 31.3 Å². The van der Waals surface area contributed by atoms with Crippen LogP contribution in [0.25, 0.3) is 6.08 Å². The van der Waals surface area contributed by atoms with Crippen molar-refractivity contribution in [3.8, 4) is 5.75 Å². The van der Waals surface area contributed by atoms with E-state index in [2.05, 4.69) is 0 Å². The highest BCUT2D eigenvalue weighted by molar-refractivity contribution is 7.90. The third-order valence-corrected chi connectivity index (χ3v) is 6.91. The quantitative estimate of drug-likeness (QED) is 0.312. The fraction of sp³-hybridized carbons (Fsp3) is 0.103. The lowest BCUT2D eigenvalue weighted by Crippen LogP contribution is -2.34. The highest BCUT2D eigenvalue weighted by Gasteiger charge is 2.17. The van der Waals surface area contributed by atoms with E-state index in [4.69, 9.17) is 4.74 Å². The summed E-state index contributed by atoms with van der Waals surface area (Å²) in [4.78, 5) is 25.0. The van der Waals surface area contributed by atoms with E-state index in [1.54, 1.807) is 42.5 Å². The van der Waals surface area contributed by atoms with Gasteiger partial charge in [0.2, 0.25) is 5.78 Å². The maximum atomic E-state index is 12.9. The van der Waals surface area contributed by atoms with Gasteiger partial charge in [0.15, 0.2) is 6.61 Å². The number of hydrogen-bond acceptors (Lipinski definition) is 5. The number of ketones is 1. The standard InChI is InChI=1S/C29H26N2O5S/c1-22-14-16-24(17-15-22)29(33)27-13-7-19-31(27)18-6-9-23-8-5-10-25(20-23)36-21-28(32)30-37(34,35)26-11-3-2-4-12-26/h2-17,19-20H,18,21H2,1H3,(H,30,32). The highest BCUT2D eigenvalue weighted by Crippen LogP contribution is 2.16. The van der Waals surface area contributed by atoms with Crippen molar-refractivity contribution in [3.05, 3.63) is 126 Å². The van der Waals surface area contributed by atoms with E-state index in [0.29, 0.717) is 23.6 Å². The molecule has 0 unspecified atom stereocenters. The van der Waals surface area contributed by atoms with Gasteiger partial charge in [0.1, 0.15) is 5.75 Å². The molecular formula is C29H26N2O5S. The number of ether oxygens (including phenoxy) is 1. The van der Waals surface area contributed by atoms with Crippen molar-refractivity contribution < 1.29 is 22.7 Å². The van der Waals surface area contributed by atoms with Crippen LogP contribution in [0.15, 0.2) is 108 Å². The van der Waals surface area contributed by atoms with Crippen LogP contribution in [-0.2, 0) is 21.4 Å². The van der Waals surface area contributed by atoms with Crippen LogP contribution >= 0.6 is 0 Å². The van der Waals surface area contributed by atoms with Gasteiger partial charge in [-0.3, -0.25) is 9.59 Å². The summed E-state index contributed by atoms with van der Waals surface area (Å²) < 4.78 is 33.9. The maximum absolute atomic E-state index is 12.9. The molecule has 7 nitrogen and oxygen atoms in total. The van der Waals surface area contributed by atoms with E-state index < -0.39 is 22.5 Å². The van der Waals surface area contributed by atoms with Crippen molar-refractivity contribution in [2.45, 2.75) is 18.4 Å². The summed E-state index contributed by atoms with van der Waals surface area (Å²) >= 11 is 0. The largest absolute Gasteiger partial charge is 0.484 e. The summed E-state index contributed by atoms with van der Waals surface area (Å²) in [6, 6.07) is 25.8. The lowest BCUT2D eigenvalue weighted by molar-refractivity contribution is -0.121. The topological polar surface area (TPSA) is 94.5 Å². The normalized spacial score (nSPS) is 11.4. The Hall–Kier alpha value is -4.43. The van der Waals surface area contributed by atoms with Crippen molar-refractivity contribution in [2.24, 2.45) is 0 Å². The molecule has 3 aromatic carbocycles. The Morgan fingerprint density at radius 2 is 1.68 bits per heavy atom. The zero-order valence-electron chi connectivity index (χ0n) is 20.2. The predicted molar refractivity (Wildman–Crippen MR) is 142 cm³/mol. The summed E-state index contributed by atoms with van der Waals surface area (Å²) in [5.74, 6) is -0.393. The van der Waals surface area contributed by atoms with Gasteiger partial charge in [-0.15, -0.1) is 0 Å². The number of carbonyl (C=O) groups is 2. The molecule has 0 spiro atoms. The van der Waals surface area contributed by atoms with Gasteiger partial charge in [-0.1, -0.05) is 72.3 Å². The molecule has 1 N–H and O–H groups in total. The minimum Gasteiger partial charge on any atom is -0.484 e. The SMILES string of the molecule is Cc1ccc(C(=O)c2cccn2CC=Cc2cccc(OCC(=O)NS(=O)(=O)c3ccccc3)c2)cc1. The first kappa shape index (κ1) is 25.7. The van der Waals surface area contributed by atoms with Crippen LogP contribution in [0.3, 0.4) is 0 Å². The average molecular weight is 515 g/mol. The third-order valence-electron chi connectivity index (χ3n) is 5.52. The van der Waals surface area contributed by atoms with Crippen LogP contribution in [0.4, 0.5) is 0 Å². The first-order valence-corrected chi connectivity index (χ1v) is 13.1. The van der Waals surface area contributed by atoms with Gasteiger partial charge >= 0.3 is 0 Å². The predicted octanol–water partition coefficient (Wildman–Crippen LogP) is 4.62. The van der Waals surface area contributed by atoms with Crippen LogP contribution in [0, 0.1) is 6.92 Å². The molecule has 0 saturated carbocycles. The van der Waals surface area contributed by atoms with Crippen LogP contribution in [0.2, 0.25) is 0 Å². The monoisotopic (exact) mass is 514 g/mol. The molecule has 0 fully saturated rings. The molecule has 8 heteroatoms. The van der Waals surface area contributed by atoms with E-state index in [9.17, 15) is 18.0 Å². The van der Waals surface area contributed by atoms with Crippen LogP contribution in [0.1, 0.15) is 27.2 Å². The third kappa shape index (κ3) is 6.83. The molecule has 1 heterocycles. The Kier molecular flexibility index (Phi) is 8.00. The van der Waals surface area contributed by atoms with Gasteiger partial charge in [0, 0.05) is 18.3 Å². The molecule has 0 atom stereocenters. The lowest BCUT2D eigenvalue weighted by atomic mass is 10.1. The molecule has 37 heavy (non-hydrogen) atoms. The molecule has 0 bridgehead atoms. The van der Waals surface area contributed by atoms with E-state index >= 15 is 0 Å². The zero-order chi connectivity index (χ0) is 26.3. The van der Waals surface area contributed by atoms with Gasteiger partial charge < -0.3 is 9.30 Å². The second kappa shape index (κ2) is 11.5. The smallest absolute Gasteiger partial charge is 0.271 e. The van der Waals surface area contributed by atoms with E-state index in [1.165, 1.54) is 12.1 Å². The number of amides is 1. The molecule has 0 aliphatic rings. The zero-order valence-corrected chi connectivity index (χ0v) is 21.0. The summed E-state index contributed by atoms with van der Waals surface area (Å²) in [5.41, 5.74) is 3.16. The van der Waals surface area contributed by atoms with Crippen molar-refractivity contribution in [3.63, 3.8) is 0 Å². The molecule has 0 aliphatic heterocycles. The second-order valence-electron chi connectivity index (χ2n) is 8.35. The minimum absolute atomic E-state index is 0.00176. The molecular weight excluding hydrogens is 488 g/mol. The second-order valence-corrected chi connectivity index (χ2v) is 10.0. The maximum Gasteiger partial charge on any atom is 0.271 e. The van der Waals surface area contributed by atoms with Crippen molar-refractivity contribution in [2.75, 3.05) is 6.61 Å². The van der Waals surface area contributed by atoms with Gasteiger partial charge in [0.25, 0.3) is 15.9 Å². The number of carbonyl (C=O) groups excluding carboxylic acids is 2. The first-order chi connectivity index (χ1) is 17.8. The van der Waals surface area contributed by atoms with Gasteiger partial charge in [-0.25, -0.2) is 13.1 Å². The van der Waals surface area contributed by atoms with E-state index in [1.807, 2.05) is 71.0 Å². The van der Waals surface area contributed by atoms with Gasteiger partial charge in [-0.2, -0.15) is 0 Å². The first-order valence-electron chi connectivity index (χ1n) is 11.6. The Morgan fingerprint density at radius 3 is 2.43 bits per heavy atom. The number of aryl methyl sites for hydroxylation is 1. The lowest BCUT2D eigenvalue weighted by Gasteiger charge is -2.09. The number of rotatable bonds is 10. The Balaban J connectivity index is 1.34. The molecule has 4 rings (SSSR count). The van der Waals surface area contributed by atoms with Crippen molar-refractivity contribution in [1.29, 1.82) is 0 Å². The van der Waals surface area contributed by atoms with Gasteiger partial charge in [-0.05, 0) is 48.9 Å². The van der Waals surface area contributed by atoms with E-state index in [0.717, 1.165) is 11.1 Å². The number of nitrogens with zero attached hydrogens (tertiary/aromatic N) is 1. The number of allylic oxidation sites excluding steroid dienone is 1. The number of benzene rings is 3. The fourth-order valence-electron chi connectivity index (χ4n) is 3.63. The molecule has 0 saturated heterocycles. The Morgan fingerprint density at radius 1 is 0.919 bits per heavy atom. The minimum atomic E-state index is -3.95. The average Bonchev–Trinajstić information content (AvgIpc) is 3.37. The molecule has 4 aromatic rings. The summed E-state index contributed by atoms with van der Waals surface area (Å²) in [7, 11) is -3.95. The number of nitrogens with one attached hydrogen (secondary N) is 1. The summed E-state index contributed by atoms with van der Waals surface area (Å²) in [5, 5.41) is 0. The van der Waals surface area contributed by atoms with Crippen LogP contribution in [0.5, 0.6) is 5.75 Å². The number of hydrogen-bond donors (Lipinski definition) is 1. The summed E-state index contributed by atoms with van der Waals surface area (Å²) in [6.45, 7) is 2.02. The molecule has 1 amide bonds.